The summed E-state index contributed by atoms with van der Waals surface area (Å²) in [5.74, 6) is 0. The molecule has 2 unspecified atom stereocenters. The number of ether oxygens (including phenoxy) is 1. The van der Waals surface area contributed by atoms with Gasteiger partial charge in [-0.3, -0.25) is 0 Å². The Labute approximate surface area is 115 Å². The fourth-order valence-corrected chi connectivity index (χ4v) is 4.30. The van der Waals surface area contributed by atoms with E-state index >= 15 is 0 Å². The molecule has 18 heavy (non-hydrogen) atoms. The van der Waals surface area contributed by atoms with Crippen molar-refractivity contribution in [3.05, 3.63) is 0 Å². The second-order valence-corrected chi connectivity index (χ2v) is 7.84. The number of nitrogens with one attached hydrogen (secondary N) is 1. The predicted octanol–water partition coefficient (Wildman–Crippen LogP) is 2.18. The summed E-state index contributed by atoms with van der Waals surface area (Å²) in [4.78, 5) is 0. The molecule has 0 radical (unpaired) electrons. The molecule has 4 heteroatoms. The molecule has 0 spiro atoms. The molecule has 0 aromatic heterocycles. The van der Waals surface area contributed by atoms with Gasteiger partial charge in [0, 0.05) is 35.3 Å². The van der Waals surface area contributed by atoms with Gasteiger partial charge in [0.1, 0.15) is 0 Å². The third-order valence-corrected chi connectivity index (χ3v) is 5.30. The van der Waals surface area contributed by atoms with Crippen molar-refractivity contribution in [1.29, 1.82) is 0 Å². The van der Waals surface area contributed by atoms with Crippen LogP contribution in [0.3, 0.4) is 0 Å². The maximum atomic E-state index is 9.62. The molecule has 1 saturated heterocycles. The molecule has 2 aliphatic rings. The number of aliphatic hydroxyl groups is 1. The molecule has 0 aromatic rings. The van der Waals surface area contributed by atoms with Crippen molar-refractivity contribution in [2.24, 2.45) is 0 Å². The Morgan fingerprint density at radius 3 is 2.56 bits per heavy atom. The van der Waals surface area contributed by atoms with Gasteiger partial charge in [-0.1, -0.05) is 6.92 Å². The van der Waals surface area contributed by atoms with Gasteiger partial charge in [-0.15, -0.1) is 0 Å². The standard InChI is InChI=1S/C14H27NO2S/c1-11(18-13-5-7-17-8-6-13)9-14(2,10-16)15-12-3-4-12/h11-13,15-16H,3-10H2,1-2H3. The first-order valence-corrected chi connectivity index (χ1v) is 8.17. The van der Waals surface area contributed by atoms with Crippen molar-refractivity contribution in [2.75, 3.05) is 19.8 Å². The van der Waals surface area contributed by atoms with Gasteiger partial charge >= 0.3 is 0 Å². The zero-order chi connectivity index (χ0) is 13.0. The molecule has 0 aromatic carbocycles. The predicted molar refractivity (Wildman–Crippen MR) is 77.2 cm³/mol. The lowest BCUT2D eigenvalue weighted by Gasteiger charge is -2.33. The van der Waals surface area contributed by atoms with Crippen molar-refractivity contribution in [1.82, 2.24) is 5.32 Å². The monoisotopic (exact) mass is 273 g/mol. The molecule has 1 aliphatic carbocycles. The summed E-state index contributed by atoms with van der Waals surface area (Å²) < 4.78 is 5.40. The van der Waals surface area contributed by atoms with Crippen molar-refractivity contribution in [3.8, 4) is 0 Å². The van der Waals surface area contributed by atoms with Gasteiger partial charge in [0.25, 0.3) is 0 Å². The Bertz CT molecular complexity index is 254. The fraction of sp³-hybridized carbons (Fsp3) is 1.00. The van der Waals surface area contributed by atoms with Gasteiger partial charge in [-0.25, -0.2) is 0 Å². The average molecular weight is 273 g/mol. The quantitative estimate of drug-likeness (QED) is 0.746. The zero-order valence-electron chi connectivity index (χ0n) is 11.7. The van der Waals surface area contributed by atoms with E-state index in [4.69, 9.17) is 4.74 Å². The SMILES string of the molecule is CC(CC(C)(CO)NC1CC1)SC1CCOCC1. The number of hydrogen-bond donors (Lipinski definition) is 2. The van der Waals surface area contributed by atoms with Crippen LogP contribution in [0.5, 0.6) is 0 Å². The van der Waals surface area contributed by atoms with E-state index in [9.17, 15) is 5.11 Å². The fourth-order valence-electron chi connectivity index (χ4n) is 2.71. The van der Waals surface area contributed by atoms with Crippen molar-refractivity contribution in [3.63, 3.8) is 0 Å². The Kier molecular flexibility index (Phi) is 5.36. The van der Waals surface area contributed by atoms with Crippen molar-refractivity contribution < 1.29 is 9.84 Å². The number of hydrogen-bond acceptors (Lipinski definition) is 4. The van der Waals surface area contributed by atoms with Crippen molar-refractivity contribution >= 4 is 11.8 Å². The first-order chi connectivity index (χ1) is 8.61. The summed E-state index contributed by atoms with van der Waals surface area (Å²) in [6.07, 6.45) is 5.96. The Hall–Kier alpha value is 0.230. The van der Waals surface area contributed by atoms with Gasteiger partial charge in [-0.05, 0) is 39.0 Å². The van der Waals surface area contributed by atoms with Gasteiger partial charge in [0.15, 0.2) is 0 Å². The van der Waals surface area contributed by atoms with E-state index in [2.05, 4.69) is 30.9 Å². The summed E-state index contributed by atoms with van der Waals surface area (Å²) in [6, 6.07) is 0.655. The molecular weight excluding hydrogens is 246 g/mol. The normalized spacial score (nSPS) is 26.8. The lowest BCUT2D eigenvalue weighted by Crippen LogP contribution is -2.48. The van der Waals surface area contributed by atoms with Gasteiger partial charge in [0.05, 0.1) is 6.61 Å². The molecule has 1 aliphatic heterocycles. The smallest absolute Gasteiger partial charge is 0.0611 e. The zero-order valence-corrected chi connectivity index (χ0v) is 12.5. The highest BCUT2D eigenvalue weighted by Crippen LogP contribution is 2.32. The molecule has 3 nitrogen and oxygen atoms in total. The summed E-state index contributed by atoms with van der Waals surface area (Å²) >= 11 is 2.08. The highest BCUT2D eigenvalue weighted by molar-refractivity contribution is 8.00. The van der Waals surface area contributed by atoms with E-state index in [1.165, 1.54) is 25.7 Å². The Morgan fingerprint density at radius 2 is 2.00 bits per heavy atom. The van der Waals surface area contributed by atoms with E-state index in [0.717, 1.165) is 24.9 Å². The van der Waals surface area contributed by atoms with E-state index in [0.29, 0.717) is 11.3 Å². The van der Waals surface area contributed by atoms with Crippen LogP contribution in [0.25, 0.3) is 0 Å². The molecule has 0 bridgehead atoms. The molecule has 1 saturated carbocycles. The van der Waals surface area contributed by atoms with Crippen LogP contribution in [-0.2, 0) is 4.74 Å². The van der Waals surface area contributed by atoms with Crippen LogP contribution in [-0.4, -0.2) is 47.0 Å². The number of rotatable bonds is 7. The summed E-state index contributed by atoms with van der Waals surface area (Å²) in [7, 11) is 0. The van der Waals surface area contributed by atoms with Crippen LogP contribution in [0.4, 0.5) is 0 Å². The number of thioether (sulfide) groups is 1. The van der Waals surface area contributed by atoms with Gasteiger partial charge in [-0.2, -0.15) is 11.8 Å². The van der Waals surface area contributed by atoms with Gasteiger partial charge in [0.2, 0.25) is 0 Å². The minimum Gasteiger partial charge on any atom is -0.394 e. The highest BCUT2D eigenvalue weighted by atomic mass is 32.2. The molecule has 2 atom stereocenters. The molecule has 2 fully saturated rings. The summed E-state index contributed by atoms with van der Waals surface area (Å²) in [5, 5.41) is 14.6. The topological polar surface area (TPSA) is 41.5 Å². The molecule has 2 N–H and O–H groups in total. The average Bonchev–Trinajstić information content (AvgIpc) is 3.13. The van der Waals surface area contributed by atoms with Gasteiger partial charge < -0.3 is 15.2 Å². The first-order valence-electron chi connectivity index (χ1n) is 7.23. The van der Waals surface area contributed by atoms with Crippen LogP contribution < -0.4 is 5.32 Å². The number of aliphatic hydroxyl groups excluding tert-OH is 1. The van der Waals surface area contributed by atoms with Crippen LogP contribution >= 0.6 is 11.8 Å². The minimum atomic E-state index is -0.0985. The largest absolute Gasteiger partial charge is 0.394 e. The van der Waals surface area contributed by atoms with Crippen molar-refractivity contribution in [2.45, 2.75) is 68.0 Å². The molecule has 2 rings (SSSR count). The third-order valence-electron chi connectivity index (χ3n) is 3.81. The van der Waals surface area contributed by atoms with Crippen LogP contribution in [0, 0.1) is 0 Å². The lowest BCUT2D eigenvalue weighted by atomic mass is 9.97. The van der Waals surface area contributed by atoms with E-state index in [-0.39, 0.29) is 12.1 Å². The van der Waals surface area contributed by atoms with E-state index in [1.54, 1.807) is 0 Å². The molecule has 1 heterocycles. The maximum absolute atomic E-state index is 9.62. The first kappa shape index (κ1) is 14.6. The maximum Gasteiger partial charge on any atom is 0.0611 e. The van der Waals surface area contributed by atoms with E-state index < -0.39 is 0 Å². The molecule has 0 amide bonds. The second-order valence-electron chi connectivity index (χ2n) is 6.10. The molecular formula is C14H27NO2S. The Morgan fingerprint density at radius 1 is 1.33 bits per heavy atom. The second kappa shape index (κ2) is 6.60. The lowest BCUT2D eigenvalue weighted by molar-refractivity contribution is 0.0998. The minimum absolute atomic E-state index is 0.0985. The third kappa shape index (κ3) is 4.72. The Balaban J connectivity index is 1.74. The summed E-state index contributed by atoms with van der Waals surface area (Å²) in [5.41, 5.74) is -0.0985. The summed E-state index contributed by atoms with van der Waals surface area (Å²) in [6.45, 7) is 6.53. The van der Waals surface area contributed by atoms with Crippen LogP contribution in [0.1, 0.15) is 46.0 Å². The molecule has 106 valence electrons. The van der Waals surface area contributed by atoms with Crippen LogP contribution in [0.15, 0.2) is 0 Å². The van der Waals surface area contributed by atoms with E-state index in [1.807, 2.05) is 0 Å². The highest BCUT2D eigenvalue weighted by Gasteiger charge is 2.33. The van der Waals surface area contributed by atoms with Crippen LogP contribution in [0.2, 0.25) is 0 Å².